The third-order valence-corrected chi connectivity index (χ3v) is 2.58. The number of hydrogen-bond donors (Lipinski definition) is 0. The third-order valence-electron chi connectivity index (χ3n) is 2.58. The summed E-state index contributed by atoms with van der Waals surface area (Å²) >= 11 is 13.0. The summed E-state index contributed by atoms with van der Waals surface area (Å²) < 4.78 is 2.41. The van der Waals surface area contributed by atoms with Gasteiger partial charge in [-0.3, -0.25) is 9.48 Å². The van der Waals surface area contributed by atoms with E-state index in [4.69, 9.17) is 0 Å². The van der Waals surface area contributed by atoms with Crippen LogP contribution in [0.2, 0.25) is 0 Å². The number of halogens is 4. The molecule has 18 heavy (non-hydrogen) atoms. The van der Waals surface area contributed by atoms with Gasteiger partial charge in [0.05, 0.1) is 11.1 Å². The van der Waals surface area contributed by atoms with Crippen LogP contribution in [0, 0.1) is 0 Å². The summed E-state index contributed by atoms with van der Waals surface area (Å²) in [5.41, 5.74) is -0.722. The maximum absolute atomic E-state index is 3.25. The van der Waals surface area contributed by atoms with Crippen LogP contribution in [-0.4, -0.2) is 40.0 Å². The number of rotatable bonds is 0. The van der Waals surface area contributed by atoms with E-state index in [1.165, 1.54) is 0 Å². The summed E-state index contributed by atoms with van der Waals surface area (Å²) in [6.45, 7) is 15.9. The Hall–Kier alpha value is 1.91. The molecular weight excluding hydrogens is 536 g/mol. The Labute approximate surface area is 142 Å². The monoisotopic (exact) mass is 555 g/mol. The Morgan fingerprint density at radius 3 is 1.56 bits per heavy atom. The average Bonchev–Trinajstić information content (AvgIpc) is 2.43. The van der Waals surface area contributed by atoms with Crippen molar-refractivity contribution in [1.82, 2.24) is 4.90 Å². The molecule has 7 heteroatoms. The summed E-state index contributed by atoms with van der Waals surface area (Å²) in [7, 11) is 0. The van der Waals surface area contributed by atoms with Crippen LogP contribution in [0.3, 0.4) is 0 Å². The summed E-state index contributed by atoms with van der Waals surface area (Å²) in [6, 6.07) is 0. The van der Waals surface area contributed by atoms with Crippen molar-refractivity contribution in [1.29, 1.82) is 0 Å². The van der Waals surface area contributed by atoms with Crippen LogP contribution in [0.5, 0.6) is 0 Å². The van der Waals surface area contributed by atoms with Crippen LogP contribution in [0.15, 0.2) is 0 Å². The Bertz CT molecular complexity index is 294. The molecule has 113 valence electrons. The van der Waals surface area contributed by atoms with Gasteiger partial charge in [-0.1, -0.05) is 0 Å². The molecule has 0 fully saturated rings. The van der Waals surface area contributed by atoms with Crippen molar-refractivity contribution in [2.24, 2.45) is 0 Å². The van der Waals surface area contributed by atoms with Gasteiger partial charge < -0.3 is 0 Å². The first-order chi connectivity index (χ1) is 7.71. The Morgan fingerprint density at radius 1 is 1.00 bits per heavy atom. The molecular formula is C11H23Br4FeN2. The van der Waals surface area contributed by atoms with Crippen molar-refractivity contribution in [3.05, 3.63) is 0 Å². The van der Waals surface area contributed by atoms with Crippen LogP contribution < -0.4 is 0 Å². The van der Waals surface area contributed by atoms with Crippen LogP contribution in [0.1, 0.15) is 41.5 Å². The van der Waals surface area contributed by atoms with Gasteiger partial charge in [0.15, 0.2) is 0 Å². The molecule has 2 nitrogen and oxygen atoms in total. The van der Waals surface area contributed by atoms with E-state index in [1.807, 2.05) is 0 Å². The van der Waals surface area contributed by atoms with Gasteiger partial charge in [0.2, 0.25) is 6.34 Å². The van der Waals surface area contributed by atoms with Gasteiger partial charge in [0.1, 0.15) is 13.1 Å². The summed E-state index contributed by atoms with van der Waals surface area (Å²) in [4.78, 5) is 2.41. The van der Waals surface area contributed by atoms with E-state index in [2.05, 4.69) is 114 Å². The predicted octanol–water partition coefficient (Wildman–Crippen LogP) is 5.32. The Kier molecular flexibility index (Phi) is 8.03. The molecule has 0 atom stereocenters. The molecule has 1 aliphatic rings. The summed E-state index contributed by atoms with van der Waals surface area (Å²) in [6.07, 6.45) is 2.28. The molecule has 0 aromatic rings. The molecule has 0 aromatic heterocycles. The number of hydrogen-bond acceptors (Lipinski definition) is 1. The van der Waals surface area contributed by atoms with Gasteiger partial charge in [-0.15, -0.1) is 0 Å². The van der Waals surface area contributed by atoms with Gasteiger partial charge in [-0.2, -0.15) is 0 Å². The average molecular weight is 559 g/mol. The molecule has 0 aromatic carbocycles. The van der Waals surface area contributed by atoms with Gasteiger partial charge in [-0.25, -0.2) is 0 Å². The first-order valence-electron chi connectivity index (χ1n) is 5.63. The Morgan fingerprint density at radius 2 is 1.39 bits per heavy atom. The second kappa shape index (κ2) is 7.26. The normalized spacial score (nSPS) is 18.1. The number of nitrogens with zero attached hydrogens (tertiary/aromatic N) is 2. The van der Waals surface area contributed by atoms with Crippen molar-refractivity contribution in [3.63, 3.8) is 0 Å². The van der Waals surface area contributed by atoms with E-state index in [-0.39, 0.29) is 11.1 Å². The molecule has 1 aliphatic heterocycles. The van der Waals surface area contributed by atoms with E-state index in [0.29, 0.717) is 0 Å². The molecule has 1 heterocycles. The molecule has 0 aliphatic carbocycles. The fourth-order valence-corrected chi connectivity index (χ4v) is 1.52. The standard InChI is InChI=1S/C11H23N2.4BrH.Fe/c1-10(2,3)12-7-8-13(9-12)11(4,5)6;;;;;/h9H,7-8H2,1-6H3;4*1H;/q+1;;;;;+3/p-4. The molecule has 0 amide bonds. The first kappa shape index (κ1) is 19.9. The van der Waals surface area contributed by atoms with Crippen molar-refractivity contribution >= 4 is 62.8 Å². The maximum atomic E-state index is 3.25. The van der Waals surface area contributed by atoms with Crippen LogP contribution in [-0.2, 0) is 5.61 Å². The van der Waals surface area contributed by atoms with Crippen molar-refractivity contribution in [3.8, 4) is 0 Å². The van der Waals surface area contributed by atoms with Crippen LogP contribution >= 0.6 is 56.4 Å². The van der Waals surface area contributed by atoms with Crippen molar-refractivity contribution in [2.75, 3.05) is 13.1 Å². The molecule has 0 bridgehead atoms. The summed E-state index contributed by atoms with van der Waals surface area (Å²) in [5.74, 6) is 0. The molecule has 0 saturated heterocycles. The van der Waals surface area contributed by atoms with Crippen LogP contribution in [0.4, 0.5) is 0 Å². The van der Waals surface area contributed by atoms with E-state index in [1.54, 1.807) is 0 Å². The minimum absolute atomic E-state index is 0.264. The van der Waals surface area contributed by atoms with E-state index in [9.17, 15) is 0 Å². The zero-order chi connectivity index (χ0) is 14.8. The zero-order valence-electron chi connectivity index (χ0n) is 11.8. The fourth-order valence-electron chi connectivity index (χ4n) is 1.52. The first-order valence-corrected chi connectivity index (χ1v) is 16.5. The Balaban J connectivity index is 0.000000494. The van der Waals surface area contributed by atoms with Crippen molar-refractivity contribution in [2.45, 2.75) is 52.6 Å². The predicted molar refractivity (Wildman–Crippen MR) is 93.1 cm³/mol. The second-order valence-corrected chi connectivity index (χ2v) is 39.6. The molecule has 0 unspecified atom stereocenters. The van der Waals surface area contributed by atoms with Crippen LogP contribution in [0.25, 0.3) is 0 Å². The molecule has 1 rings (SSSR count). The van der Waals surface area contributed by atoms with Gasteiger partial charge in [0, 0.05) is 0 Å². The molecule has 0 saturated carbocycles. The topological polar surface area (TPSA) is 6.25 Å². The van der Waals surface area contributed by atoms with E-state index < -0.39 is 5.61 Å². The van der Waals surface area contributed by atoms with E-state index in [0.717, 1.165) is 13.1 Å². The minimum atomic E-state index is -1.25. The van der Waals surface area contributed by atoms with Gasteiger partial charge >= 0.3 is 62.1 Å². The van der Waals surface area contributed by atoms with Crippen molar-refractivity contribution < 1.29 is 10.2 Å². The second-order valence-electron chi connectivity index (χ2n) is 6.15. The molecule has 0 radical (unpaired) electrons. The molecule has 0 N–H and O–H groups in total. The summed E-state index contributed by atoms with van der Waals surface area (Å²) in [5, 5.41) is 0. The van der Waals surface area contributed by atoms with E-state index >= 15 is 0 Å². The molecule has 0 spiro atoms. The quantitative estimate of drug-likeness (QED) is 0.288. The third kappa shape index (κ3) is 9.76. The zero-order valence-corrected chi connectivity index (χ0v) is 19.2. The SMILES string of the molecule is CC(C)(C)N1C=[N+](C(C)(C)C)CC1.[Br][Fe-]([Br])([Br])[Br]. The fraction of sp³-hybridized carbons (Fsp3) is 0.909. The van der Waals surface area contributed by atoms with Gasteiger partial charge in [0.25, 0.3) is 0 Å². The van der Waals surface area contributed by atoms with Gasteiger partial charge in [-0.05, 0) is 41.5 Å².